The predicted octanol–water partition coefficient (Wildman–Crippen LogP) is 6.93. The van der Waals surface area contributed by atoms with Crippen molar-refractivity contribution in [2.75, 3.05) is 0 Å². The summed E-state index contributed by atoms with van der Waals surface area (Å²) in [6.07, 6.45) is 16.0. The van der Waals surface area contributed by atoms with Crippen molar-refractivity contribution < 1.29 is 0 Å². The van der Waals surface area contributed by atoms with E-state index < -0.39 is 0 Å². The molecule has 3 heteroatoms. The van der Waals surface area contributed by atoms with Crippen molar-refractivity contribution in [2.24, 2.45) is 10.8 Å². The minimum absolute atomic E-state index is 0.331. The minimum Gasteiger partial charge on any atom is -0.345 e. The Morgan fingerprint density at radius 2 is 1.73 bits per heavy atom. The largest absolute Gasteiger partial charge is 0.345 e. The summed E-state index contributed by atoms with van der Waals surface area (Å²) in [5.74, 6) is 0.520. The second-order valence-electron chi connectivity index (χ2n) is 10.2. The number of nitrogens with zero attached hydrogens (tertiary/aromatic N) is 2. The minimum atomic E-state index is 0.331. The van der Waals surface area contributed by atoms with Gasteiger partial charge in [0.25, 0.3) is 0 Å². The van der Waals surface area contributed by atoms with E-state index in [-0.39, 0.29) is 0 Å². The Kier molecular flexibility index (Phi) is 5.74. The zero-order valence-electron chi connectivity index (χ0n) is 17.5. The average Bonchev–Trinajstić information content (AvgIpc) is 2.91. The van der Waals surface area contributed by atoms with Crippen LogP contribution in [0.4, 0.5) is 0 Å². The molecule has 2 aromatic rings. The molecule has 0 amide bonds. The summed E-state index contributed by atoms with van der Waals surface area (Å²) in [6, 6.07) is 0. The molecule has 0 aromatic carbocycles. The number of hydrogen-bond donors (Lipinski definition) is 1. The Morgan fingerprint density at radius 1 is 1.00 bits per heavy atom. The molecule has 1 aliphatic carbocycles. The zero-order valence-corrected chi connectivity index (χ0v) is 17.5. The van der Waals surface area contributed by atoms with Gasteiger partial charge in [-0.15, -0.1) is 0 Å². The summed E-state index contributed by atoms with van der Waals surface area (Å²) in [5, 5.41) is 0. The molecule has 1 fully saturated rings. The van der Waals surface area contributed by atoms with E-state index in [1.807, 2.05) is 12.4 Å². The number of H-pyrrole nitrogens is 1. The smallest absolute Gasteiger partial charge is 0.156 e. The lowest BCUT2D eigenvalue weighted by molar-refractivity contribution is 0.154. The molecule has 1 saturated carbocycles. The van der Waals surface area contributed by atoms with E-state index in [0.717, 1.165) is 11.2 Å². The summed E-state index contributed by atoms with van der Waals surface area (Å²) in [5.41, 5.74) is 5.12. The van der Waals surface area contributed by atoms with E-state index in [1.165, 1.54) is 69.0 Å². The number of nitrogens with one attached hydrogen (secondary N) is 1. The predicted molar refractivity (Wildman–Crippen MR) is 110 cm³/mol. The topological polar surface area (TPSA) is 41.6 Å². The van der Waals surface area contributed by atoms with E-state index in [4.69, 9.17) is 4.98 Å². The van der Waals surface area contributed by atoms with Crippen LogP contribution in [-0.2, 0) is 0 Å². The van der Waals surface area contributed by atoms with Gasteiger partial charge in [-0.2, -0.15) is 0 Å². The van der Waals surface area contributed by atoms with E-state index in [9.17, 15) is 0 Å². The molecule has 2 heterocycles. The first-order chi connectivity index (χ1) is 12.3. The Morgan fingerprint density at radius 3 is 2.54 bits per heavy atom. The van der Waals surface area contributed by atoms with Crippen molar-refractivity contribution in [3.8, 4) is 0 Å². The van der Waals surface area contributed by atoms with Crippen LogP contribution < -0.4 is 0 Å². The molecule has 0 saturated heterocycles. The molecule has 3 rings (SSSR count). The standard InChI is InChI=1S/C23H37N3/c1-17-14-24-21-20(17)26-19(15-25-21)18-11-9-7-6-8-10-12-22(2,3)16-23(4,5)13-18/h14-15,18H,6-13,16H2,1-5H3,(H,24,25). The van der Waals surface area contributed by atoms with E-state index in [1.54, 1.807) is 0 Å². The van der Waals surface area contributed by atoms with Gasteiger partial charge >= 0.3 is 0 Å². The second-order valence-corrected chi connectivity index (χ2v) is 10.2. The van der Waals surface area contributed by atoms with Crippen molar-refractivity contribution in [1.82, 2.24) is 15.0 Å². The van der Waals surface area contributed by atoms with Gasteiger partial charge in [-0.25, -0.2) is 9.97 Å². The molecular formula is C23H37N3. The lowest BCUT2D eigenvalue weighted by atomic mass is 9.68. The number of hydrogen-bond acceptors (Lipinski definition) is 2. The molecule has 1 aliphatic rings. The molecule has 3 nitrogen and oxygen atoms in total. The van der Waals surface area contributed by atoms with Crippen LogP contribution in [0.15, 0.2) is 12.4 Å². The molecule has 1 atom stereocenters. The molecule has 2 aromatic heterocycles. The van der Waals surface area contributed by atoms with E-state index >= 15 is 0 Å². The van der Waals surface area contributed by atoms with Crippen LogP contribution in [0.25, 0.3) is 11.2 Å². The fourth-order valence-corrected chi connectivity index (χ4v) is 5.23. The average molecular weight is 356 g/mol. The van der Waals surface area contributed by atoms with Gasteiger partial charge in [-0.3, -0.25) is 0 Å². The van der Waals surface area contributed by atoms with Crippen molar-refractivity contribution >= 4 is 11.2 Å². The quantitative estimate of drug-likeness (QED) is 0.602. The van der Waals surface area contributed by atoms with Crippen LogP contribution in [-0.4, -0.2) is 15.0 Å². The molecule has 0 bridgehead atoms. The first kappa shape index (κ1) is 19.4. The van der Waals surface area contributed by atoms with Gasteiger partial charge in [0.15, 0.2) is 5.65 Å². The monoisotopic (exact) mass is 355 g/mol. The third-order valence-corrected chi connectivity index (χ3v) is 6.17. The van der Waals surface area contributed by atoms with Gasteiger partial charge in [0.05, 0.1) is 11.9 Å². The number of aromatic nitrogens is 3. The third-order valence-electron chi connectivity index (χ3n) is 6.17. The fraction of sp³-hybridized carbons (Fsp3) is 0.739. The van der Waals surface area contributed by atoms with Gasteiger partial charge < -0.3 is 4.98 Å². The van der Waals surface area contributed by atoms with Gasteiger partial charge in [0, 0.05) is 12.1 Å². The van der Waals surface area contributed by atoms with Crippen LogP contribution in [0.5, 0.6) is 0 Å². The zero-order chi connectivity index (χ0) is 18.8. The van der Waals surface area contributed by atoms with E-state index in [2.05, 4.69) is 44.6 Å². The number of fused-ring (bicyclic) bond motifs is 1. The fourth-order valence-electron chi connectivity index (χ4n) is 5.23. The van der Waals surface area contributed by atoms with Crippen molar-refractivity contribution in [2.45, 2.75) is 98.3 Å². The lowest BCUT2D eigenvalue weighted by Crippen LogP contribution is -2.26. The molecule has 1 N–H and O–H groups in total. The van der Waals surface area contributed by atoms with Crippen LogP contribution in [0.3, 0.4) is 0 Å². The van der Waals surface area contributed by atoms with E-state index in [0.29, 0.717) is 16.7 Å². The SMILES string of the molecule is Cc1c[nH]c2ncc(C3CCCCCCCC(C)(C)CC(C)(C)C3)nc12. The Labute approximate surface area is 159 Å². The van der Waals surface area contributed by atoms with Crippen molar-refractivity contribution in [3.63, 3.8) is 0 Å². The van der Waals surface area contributed by atoms with Gasteiger partial charge in [-0.05, 0) is 49.0 Å². The molecule has 26 heavy (non-hydrogen) atoms. The van der Waals surface area contributed by atoms with Gasteiger partial charge in [-0.1, -0.05) is 59.8 Å². The highest BCUT2D eigenvalue weighted by Gasteiger charge is 2.32. The molecule has 144 valence electrons. The highest BCUT2D eigenvalue weighted by Crippen LogP contribution is 2.44. The summed E-state index contributed by atoms with van der Waals surface area (Å²) in [7, 11) is 0. The summed E-state index contributed by atoms with van der Waals surface area (Å²) in [4.78, 5) is 12.9. The number of aryl methyl sites for hydroxylation is 1. The normalized spacial score (nSPS) is 24.7. The van der Waals surface area contributed by atoms with Crippen LogP contribution >= 0.6 is 0 Å². The Balaban J connectivity index is 1.87. The van der Waals surface area contributed by atoms with Gasteiger partial charge in [0.1, 0.15) is 5.52 Å². The van der Waals surface area contributed by atoms with Crippen molar-refractivity contribution in [1.29, 1.82) is 0 Å². The summed E-state index contributed by atoms with van der Waals surface area (Å²) < 4.78 is 0. The molecular weight excluding hydrogens is 318 g/mol. The number of rotatable bonds is 1. The third kappa shape index (κ3) is 4.86. The second kappa shape index (κ2) is 7.70. The summed E-state index contributed by atoms with van der Waals surface area (Å²) in [6.45, 7) is 12.0. The molecule has 0 spiro atoms. The summed E-state index contributed by atoms with van der Waals surface area (Å²) >= 11 is 0. The maximum absolute atomic E-state index is 5.03. The molecule has 0 radical (unpaired) electrons. The Bertz CT molecular complexity index is 726. The van der Waals surface area contributed by atoms with Gasteiger partial charge in [0.2, 0.25) is 0 Å². The maximum Gasteiger partial charge on any atom is 0.156 e. The highest BCUT2D eigenvalue weighted by molar-refractivity contribution is 5.74. The maximum atomic E-state index is 5.03. The van der Waals surface area contributed by atoms with Crippen LogP contribution in [0.1, 0.15) is 103 Å². The lowest BCUT2D eigenvalue weighted by Gasteiger charge is -2.37. The first-order valence-corrected chi connectivity index (χ1v) is 10.6. The van der Waals surface area contributed by atoms with Crippen molar-refractivity contribution in [3.05, 3.63) is 23.7 Å². The molecule has 1 unspecified atom stereocenters. The highest BCUT2D eigenvalue weighted by atomic mass is 14.9. The van der Waals surface area contributed by atoms with Crippen LogP contribution in [0, 0.1) is 17.8 Å². The molecule has 0 aliphatic heterocycles. The first-order valence-electron chi connectivity index (χ1n) is 10.6. The number of aromatic amines is 1. The Hall–Kier alpha value is -1.38. The van der Waals surface area contributed by atoms with Crippen LogP contribution in [0.2, 0.25) is 0 Å².